The van der Waals surface area contributed by atoms with Crippen LogP contribution >= 0.6 is 11.6 Å². The number of aromatic amines is 1. The molecular weight excluding hydrogens is 241 g/mol. The van der Waals surface area contributed by atoms with Gasteiger partial charge in [0.25, 0.3) is 0 Å². The van der Waals surface area contributed by atoms with Crippen LogP contribution in [-0.4, -0.2) is 16.5 Å². The van der Waals surface area contributed by atoms with Gasteiger partial charge in [-0.25, -0.2) is 9.37 Å². The molecule has 0 saturated carbocycles. The second-order valence-corrected chi connectivity index (χ2v) is 4.18. The molecule has 17 heavy (non-hydrogen) atoms. The Labute approximate surface area is 104 Å². The third-order valence-electron chi connectivity index (χ3n) is 2.50. The van der Waals surface area contributed by atoms with Crippen molar-refractivity contribution in [3.8, 4) is 0 Å². The first-order valence-corrected chi connectivity index (χ1v) is 5.74. The Morgan fingerprint density at radius 3 is 2.94 bits per heavy atom. The molecule has 0 atom stereocenters. The average molecular weight is 254 g/mol. The number of benzene rings is 1. The van der Waals surface area contributed by atoms with Gasteiger partial charge < -0.3 is 10.7 Å². The molecular formula is C12H13ClFN3. The first-order chi connectivity index (χ1) is 8.20. The quantitative estimate of drug-likeness (QED) is 0.879. The van der Waals surface area contributed by atoms with Gasteiger partial charge in [-0.15, -0.1) is 0 Å². The lowest BCUT2D eigenvalue weighted by Gasteiger charge is -2.03. The fourth-order valence-corrected chi connectivity index (χ4v) is 1.88. The van der Waals surface area contributed by atoms with E-state index in [-0.39, 0.29) is 5.82 Å². The molecule has 0 spiro atoms. The zero-order chi connectivity index (χ0) is 12.3. The first kappa shape index (κ1) is 12.1. The molecule has 0 saturated heterocycles. The van der Waals surface area contributed by atoms with Gasteiger partial charge in [0.05, 0.1) is 0 Å². The highest BCUT2D eigenvalue weighted by atomic mass is 35.5. The van der Waals surface area contributed by atoms with Crippen LogP contribution < -0.4 is 5.73 Å². The zero-order valence-corrected chi connectivity index (χ0v) is 9.97. The predicted octanol–water partition coefficient (Wildman–Crippen LogP) is 2.29. The van der Waals surface area contributed by atoms with Gasteiger partial charge >= 0.3 is 0 Å². The number of hydrogen-bond donors (Lipinski definition) is 2. The SMILES string of the molecule is NCCc1cnc(Cc2c(F)cccc2Cl)[nH]1. The number of hydrogen-bond acceptors (Lipinski definition) is 2. The van der Waals surface area contributed by atoms with E-state index in [0.717, 1.165) is 12.1 Å². The number of nitrogens with two attached hydrogens (primary N) is 1. The van der Waals surface area contributed by atoms with Gasteiger partial charge in [0.1, 0.15) is 11.6 Å². The summed E-state index contributed by atoms with van der Waals surface area (Å²) in [6.07, 6.45) is 2.81. The lowest BCUT2D eigenvalue weighted by molar-refractivity contribution is 0.612. The van der Waals surface area contributed by atoms with Crippen LogP contribution in [0.25, 0.3) is 0 Å². The summed E-state index contributed by atoms with van der Waals surface area (Å²) in [4.78, 5) is 7.28. The van der Waals surface area contributed by atoms with Crippen LogP contribution in [0.15, 0.2) is 24.4 Å². The maximum absolute atomic E-state index is 13.5. The van der Waals surface area contributed by atoms with Crippen LogP contribution in [0.5, 0.6) is 0 Å². The summed E-state index contributed by atoms with van der Waals surface area (Å²) >= 11 is 5.95. The molecule has 3 nitrogen and oxygen atoms in total. The number of H-pyrrole nitrogens is 1. The standard InChI is InChI=1S/C12H13ClFN3/c13-10-2-1-3-11(14)9(10)6-12-16-7-8(17-12)4-5-15/h1-3,7H,4-6,15H2,(H,16,17). The Kier molecular flexibility index (Phi) is 3.76. The van der Waals surface area contributed by atoms with Gasteiger partial charge in [0.2, 0.25) is 0 Å². The molecule has 0 bridgehead atoms. The summed E-state index contributed by atoms with van der Waals surface area (Å²) in [5.41, 5.74) is 6.86. The van der Waals surface area contributed by atoms with Crippen LogP contribution in [0, 0.1) is 5.82 Å². The minimum absolute atomic E-state index is 0.311. The lowest BCUT2D eigenvalue weighted by atomic mass is 10.1. The maximum Gasteiger partial charge on any atom is 0.128 e. The monoisotopic (exact) mass is 253 g/mol. The molecule has 90 valence electrons. The summed E-state index contributed by atoms with van der Waals surface area (Å²) in [6, 6.07) is 4.65. The first-order valence-electron chi connectivity index (χ1n) is 5.36. The maximum atomic E-state index is 13.5. The van der Waals surface area contributed by atoms with E-state index in [9.17, 15) is 4.39 Å². The second-order valence-electron chi connectivity index (χ2n) is 3.77. The van der Waals surface area contributed by atoms with Crippen LogP contribution in [-0.2, 0) is 12.8 Å². The minimum atomic E-state index is -0.311. The summed E-state index contributed by atoms with van der Waals surface area (Å²) in [5.74, 6) is 0.384. The largest absolute Gasteiger partial charge is 0.346 e. The topological polar surface area (TPSA) is 54.7 Å². The molecule has 2 aromatic rings. The van der Waals surface area contributed by atoms with Crippen molar-refractivity contribution >= 4 is 11.6 Å². The summed E-state index contributed by atoms with van der Waals surface area (Å²) in [7, 11) is 0. The number of nitrogens with one attached hydrogen (secondary N) is 1. The minimum Gasteiger partial charge on any atom is -0.346 e. The molecule has 0 aliphatic carbocycles. The Hall–Kier alpha value is -1.39. The van der Waals surface area contributed by atoms with Crippen LogP contribution in [0.4, 0.5) is 4.39 Å². The van der Waals surface area contributed by atoms with Crippen LogP contribution in [0.2, 0.25) is 5.02 Å². The molecule has 0 amide bonds. The van der Waals surface area contributed by atoms with Crippen molar-refractivity contribution in [3.63, 3.8) is 0 Å². The highest BCUT2D eigenvalue weighted by Crippen LogP contribution is 2.21. The van der Waals surface area contributed by atoms with Gasteiger partial charge in [-0.1, -0.05) is 17.7 Å². The van der Waals surface area contributed by atoms with E-state index in [1.54, 1.807) is 18.3 Å². The number of nitrogens with zero attached hydrogens (tertiary/aromatic N) is 1. The summed E-state index contributed by atoms with van der Waals surface area (Å²) < 4.78 is 13.5. The highest BCUT2D eigenvalue weighted by molar-refractivity contribution is 6.31. The van der Waals surface area contributed by atoms with Gasteiger partial charge in [0, 0.05) is 35.3 Å². The smallest absolute Gasteiger partial charge is 0.128 e. The van der Waals surface area contributed by atoms with E-state index in [4.69, 9.17) is 17.3 Å². The molecule has 0 aliphatic rings. The molecule has 1 aromatic carbocycles. The molecule has 0 fully saturated rings. The predicted molar refractivity (Wildman–Crippen MR) is 65.6 cm³/mol. The van der Waals surface area contributed by atoms with Crippen molar-refractivity contribution < 1.29 is 4.39 Å². The Bertz CT molecular complexity index is 490. The molecule has 3 N–H and O–H groups in total. The molecule has 2 rings (SSSR count). The molecule has 1 heterocycles. The van der Waals surface area contributed by atoms with Crippen molar-refractivity contribution in [3.05, 3.63) is 52.3 Å². The van der Waals surface area contributed by atoms with Gasteiger partial charge in [0.15, 0.2) is 0 Å². The highest BCUT2D eigenvalue weighted by Gasteiger charge is 2.09. The van der Waals surface area contributed by atoms with Crippen molar-refractivity contribution in [2.45, 2.75) is 12.8 Å². The lowest BCUT2D eigenvalue weighted by Crippen LogP contribution is -2.03. The molecule has 0 radical (unpaired) electrons. The molecule has 0 unspecified atom stereocenters. The van der Waals surface area contributed by atoms with E-state index in [2.05, 4.69) is 9.97 Å². The Morgan fingerprint density at radius 2 is 2.24 bits per heavy atom. The molecule has 0 aliphatic heterocycles. The Morgan fingerprint density at radius 1 is 1.41 bits per heavy atom. The normalized spacial score (nSPS) is 10.8. The van der Waals surface area contributed by atoms with E-state index in [0.29, 0.717) is 29.4 Å². The number of rotatable bonds is 4. The summed E-state index contributed by atoms with van der Waals surface area (Å²) in [5, 5.41) is 0.418. The zero-order valence-electron chi connectivity index (χ0n) is 9.21. The van der Waals surface area contributed by atoms with Crippen molar-refractivity contribution in [1.29, 1.82) is 0 Å². The number of imidazole rings is 1. The van der Waals surface area contributed by atoms with Gasteiger partial charge in [-0.05, 0) is 18.7 Å². The van der Waals surface area contributed by atoms with Crippen molar-refractivity contribution in [2.75, 3.05) is 6.54 Å². The van der Waals surface area contributed by atoms with Crippen LogP contribution in [0.1, 0.15) is 17.1 Å². The van der Waals surface area contributed by atoms with Crippen LogP contribution in [0.3, 0.4) is 0 Å². The molecule has 1 aromatic heterocycles. The van der Waals surface area contributed by atoms with Crippen molar-refractivity contribution in [1.82, 2.24) is 9.97 Å². The average Bonchev–Trinajstić information content (AvgIpc) is 2.72. The van der Waals surface area contributed by atoms with E-state index >= 15 is 0 Å². The van der Waals surface area contributed by atoms with Gasteiger partial charge in [-0.2, -0.15) is 0 Å². The van der Waals surface area contributed by atoms with Gasteiger partial charge in [-0.3, -0.25) is 0 Å². The van der Waals surface area contributed by atoms with E-state index in [1.807, 2.05) is 0 Å². The summed E-state index contributed by atoms with van der Waals surface area (Å²) in [6.45, 7) is 0.558. The molecule has 5 heteroatoms. The van der Waals surface area contributed by atoms with E-state index in [1.165, 1.54) is 6.07 Å². The fraction of sp³-hybridized carbons (Fsp3) is 0.250. The third-order valence-corrected chi connectivity index (χ3v) is 2.85. The number of aromatic nitrogens is 2. The number of halogens is 2. The van der Waals surface area contributed by atoms with E-state index < -0.39 is 0 Å². The Balaban J connectivity index is 2.19. The second kappa shape index (κ2) is 5.29. The fourth-order valence-electron chi connectivity index (χ4n) is 1.65. The van der Waals surface area contributed by atoms with Crippen molar-refractivity contribution in [2.24, 2.45) is 5.73 Å². The third kappa shape index (κ3) is 2.84.